The Morgan fingerprint density at radius 1 is 1.39 bits per heavy atom. The number of nitrogens with one attached hydrogen (secondary N) is 1. The van der Waals surface area contributed by atoms with Gasteiger partial charge in [0.1, 0.15) is 5.82 Å². The summed E-state index contributed by atoms with van der Waals surface area (Å²) >= 11 is 0. The molecule has 1 unspecified atom stereocenters. The summed E-state index contributed by atoms with van der Waals surface area (Å²) in [5.74, 6) is 0.169. The second-order valence-corrected chi connectivity index (χ2v) is 5.06. The minimum atomic E-state index is -0.313. The molecule has 0 aromatic heterocycles. The van der Waals surface area contributed by atoms with Crippen molar-refractivity contribution in [2.75, 3.05) is 19.6 Å². The van der Waals surface area contributed by atoms with Crippen LogP contribution in [0.15, 0.2) is 24.3 Å². The molecule has 4 heteroatoms. The number of piperazine rings is 1. The van der Waals surface area contributed by atoms with Gasteiger partial charge in [0, 0.05) is 31.2 Å². The van der Waals surface area contributed by atoms with Crippen LogP contribution in [0.3, 0.4) is 0 Å². The summed E-state index contributed by atoms with van der Waals surface area (Å²) in [6.07, 6.45) is 0. The third kappa shape index (κ3) is 2.88. The Labute approximate surface area is 107 Å². The average molecular weight is 250 g/mol. The maximum Gasteiger partial charge on any atom is 0.253 e. The first-order valence-corrected chi connectivity index (χ1v) is 6.36. The Bertz CT molecular complexity index is 416. The van der Waals surface area contributed by atoms with Crippen molar-refractivity contribution in [1.82, 2.24) is 10.2 Å². The average Bonchev–Trinajstić information content (AvgIpc) is 2.39. The lowest BCUT2D eigenvalue weighted by molar-refractivity contribution is 0.0684. The lowest BCUT2D eigenvalue weighted by Gasteiger charge is -2.35. The smallest absolute Gasteiger partial charge is 0.253 e. The van der Waals surface area contributed by atoms with Crippen LogP contribution in [0.2, 0.25) is 0 Å². The molecule has 0 aliphatic carbocycles. The second-order valence-electron chi connectivity index (χ2n) is 5.06. The van der Waals surface area contributed by atoms with E-state index in [0.717, 1.165) is 6.54 Å². The number of benzene rings is 1. The van der Waals surface area contributed by atoms with Crippen molar-refractivity contribution in [2.45, 2.75) is 19.9 Å². The molecule has 1 heterocycles. The molecule has 1 fully saturated rings. The summed E-state index contributed by atoms with van der Waals surface area (Å²) in [5.41, 5.74) is 0.556. The predicted molar refractivity (Wildman–Crippen MR) is 68.9 cm³/mol. The lowest BCUT2D eigenvalue weighted by Crippen LogP contribution is -2.54. The third-order valence-electron chi connectivity index (χ3n) is 3.39. The zero-order chi connectivity index (χ0) is 13.1. The van der Waals surface area contributed by atoms with Crippen LogP contribution in [-0.2, 0) is 0 Å². The molecule has 98 valence electrons. The fourth-order valence-electron chi connectivity index (χ4n) is 2.18. The van der Waals surface area contributed by atoms with E-state index in [-0.39, 0.29) is 11.7 Å². The van der Waals surface area contributed by atoms with E-state index in [1.165, 1.54) is 12.1 Å². The molecule has 0 spiro atoms. The Balaban J connectivity index is 2.06. The first-order valence-electron chi connectivity index (χ1n) is 6.36. The largest absolute Gasteiger partial charge is 0.336 e. The molecule has 0 bridgehead atoms. The molecule has 1 aromatic rings. The van der Waals surface area contributed by atoms with Gasteiger partial charge in [0.25, 0.3) is 5.91 Å². The molecule has 1 N–H and O–H groups in total. The highest BCUT2D eigenvalue weighted by atomic mass is 19.1. The lowest BCUT2D eigenvalue weighted by atomic mass is 10.0. The Kier molecular flexibility index (Phi) is 3.97. The van der Waals surface area contributed by atoms with Crippen LogP contribution in [0.5, 0.6) is 0 Å². The summed E-state index contributed by atoms with van der Waals surface area (Å²) in [4.78, 5) is 14.1. The van der Waals surface area contributed by atoms with Gasteiger partial charge in [0.05, 0.1) is 0 Å². The quantitative estimate of drug-likeness (QED) is 0.869. The maximum atomic E-state index is 12.8. The fraction of sp³-hybridized carbons (Fsp3) is 0.500. The van der Waals surface area contributed by atoms with Crippen molar-refractivity contribution in [3.63, 3.8) is 0 Å². The van der Waals surface area contributed by atoms with Crippen molar-refractivity contribution < 1.29 is 9.18 Å². The summed E-state index contributed by atoms with van der Waals surface area (Å²) < 4.78 is 12.8. The van der Waals surface area contributed by atoms with E-state index in [1.54, 1.807) is 12.1 Å². The molecule has 0 saturated carbocycles. The molecule has 0 radical (unpaired) electrons. The Hall–Kier alpha value is -1.42. The molecular formula is C14H19FN2O. The second kappa shape index (κ2) is 5.48. The van der Waals surface area contributed by atoms with E-state index in [1.807, 2.05) is 4.90 Å². The molecule has 2 rings (SSSR count). The first kappa shape index (κ1) is 13.0. The monoisotopic (exact) mass is 250 g/mol. The molecule has 18 heavy (non-hydrogen) atoms. The van der Waals surface area contributed by atoms with Gasteiger partial charge in [-0.3, -0.25) is 4.79 Å². The van der Waals surface area contributed by atoms with Crippen LogP contribution in [0.25, 0.3) is 0 Å². The van der Waals surface area contributed by atoms with Crippen LogP contribution in [-0.4, -0.2) is 36.5 Å². The SMILES string of the molecule is CC(C)C1CN(C(=O)c2ccc(F)cc2)CCN1. The van der Waals surface area contributed by atoms with Gasteiger partial charge in [-0.15, -0.1) is 0 Å². The van der Waals surface area contributed by atoms with Gasteiger partial charge in [-0.05, 0) is 30.2 Å². The topological polar surface area (TPSA) is 32.3 Å². The van der Waals surface area contributed by atoms with E-state index in [2.05, 4.69) is 19.2 Å². The summed E-state index contributed by atoms with van der Waals surface area (Å²) in [5, 5.41) is 3.41. The van der Waals surface area contributed by atoms with Crippen molar-refractivity contribution in [1.29, 1.82) is 0 Å². The Morgan fingerprint density at radius 2 is 2.06 bits per heavy atom. The van der Waals surface area contributed by atoms with Gasteiger partial charge >= 0.3 is 0 Å². The number of hydrogen-bond acceptors (Lipinski definition) is 2. The van der Waals surface area contributed by atoms with E-state index < -0.39 is 0 Å². The van der Waals surface area contributed by atoms with Gasteiger partial charge < -0.3 is 10.2 Å². The maximum absolute atomic E-state index is 12.8. The molecule has 1 amide bonds. The highest BCUT2D eigenvalue weighted by Gasteiger charge is 2.25. The number of carbonyl (C=O) groups is 1. The summed E-state index contributed by atoms with van der Waals surface area (Å²) in [6.45, 7) is 6.52. The van der Waals surface area contributed by atoms with Crippen LogP contribution in [0.1, 0.15) is 24.2 Å². The van der Waals surface area contributed by atoms with E-state index >= 15 is 0 Å². The van der Waals surface area contributed by atoms with Crippen LogP contribution >= 0.6 is 0 Å². The summed E-state index contributed by atoms with van der Waals surface area (Å²) in [6, 6.07) is 6.09. The van der Waals surface area contributed by atoms with Crippen molar-refractivity contribution in [3.05, 3.63) is 35.6 Å². The number of carbonyl (C=O) groups excluding carboxylic acids is 1. The first-order chi connectivity index (χ1) is 8.58. The van der Waals surface area contributed by atoms with Gasteiger partial charge in [-0.1, -0.05) is 13.8 Å². The standard InChI is InChI=1S/C14H19FN2O/c1-10(2)13-9-17(8-7-16-13)14(18)11-3-5-12(15)6-4-11/h3-6,10,13,16H,7-9H2,1-2H3. The molecule has 1 saturated heterocycles. The van der Waals surface area contributed by atoms with Gasteiger partial charge in [0.2, 0.25) is 0 Å². The molecule has 1 aliphatic rings. The zero-order valence-electron chi connectivity index (χ0n) is 10.8. The fourth-order valence-corrected chi connectivity index (χ4v) is 2.18. The minimum Gasteiger partial charge on any atom is -0.336 e. The van der Waals surface area contributed by atoms with E-state index in [0.29, 0.717) is 30.6 Å². The van der Waals surface area contributed by atoms with Crippen molar-refractivity contribution >= 4 is 5.91 Å². The van der Waals surface area contributed by atoms with Crippen LogP contribution in [0.4, 0.5) is 4.39 Å². The molecular weight excluding hydrogens is 231 g/mol. The number of amides is 1. The van der Waals surface area contributed by atoms with Gasteiger partial charge in [0.15, 0.2) is 0 Å². The minimum absolute atomic E-state index is 0.0119. The predicted octanol–water partition coefficient (Wildman–Crippen LogP) is 1.90. The van der Waals surface area contributed by atoms with Gasteiger partial charge in [-0.25, -0.2) is 4.39 Å². The number of halogens is 1. The van der Waals surface area contributed by atoms with E-state index in [4.69, 9.17) is 0 Å². The molecule has 3 nitrogen and oxygen atoms in total. The molecule has 1 aliphatic heterocycles. The molecule has 1 aromatic carbocycles. The van der Waals surface area contributed by atoms with Crippen LogP contribution in [0, 0.1) is 11.7 Å². The summed E-state index contributed by atoms with van der Waals surface area (Å²) in [7, 11) is 0. The number of nitrogens with zero attached hydrogens (tertiary/aromatic N) is 1. The normalized spacial score (nSPS) is 20.2. The number of rotatable bonds is 2. The van der Waals surface area contributed by atoms with Crippen LogP contribution < -0.4 is 5.32 Å². The van der Waals surface area contributed by atoms with E-state index in [9.17, 15) is 9.18 Å². The van der Waals surface area contributed by atoms with Crippen molar-refractivity contribution in [3.8, 4) is 0 Å². The Morgan fingerprint density at radius 3 is 2.67 bits per heavy atom. The highest BCUT2D eigenvalue weighted by molar-refractivity contribution is 5.94. The number of hydrogen-bond donors (Lipinski definition) is 1. The van der Waals surface area contributed by atoms with Crippen molar-refractivity contribution in [2.24, 2.45) is 5.92 Å². The van der Waals surface area contributed by atoms with Gasteiger partial charge in [-0.2, -0.15) is 0 Å². The highest BCUT2D eigenvalue weighted by Crippen LogP contribution is 2.12. The molecule has 1 atom stereocenters. The zero-order valence-corrected chi connectivity index (χ0v) is 10.8. The third-order valence-corrected chi connectivity index (χ3v) is 3.39.